The lowest BCUT2D eigenvalue weighted by Crippen LogP contribution is -1.96. The molecule has 0 aromatic rings. The minimum atomic E-state index is 0.0906. The molecule has 0 saturated carbocycles. The summed E-state index contributed by atoms with van der Waals surface area (Å²) in [6.07, 6.45) is 10.4. The minimum absolute atomic E-state index is 0.0906. The molecule has 0 unspecified atom stereocenters. The highest BCUT2D eigenvalue weighted by molar-refractivity contribution is 5.78. The maximum absolute atomic E-state index is 11.2. The molecular formula is C12H20O2. The second kappa shape index (κ2) is 10.2. The molecule has 0 spiro atoms. The van der Waals surface area contributed by atoms with E-state index in [1.807, 2.05) is 12.2 Å². The Balaban J connectivity index is 3.26. The summed E-state index contributed by atoms with van der Waals surface area (Å²) >= 11 is 0. The van der Waals surface area contributed by atoms with Crippen molar-refractivity contribution in [3.63, 3.8) is 0 Å². The topological polar surface area (TPSA) is 37.3 Å². The van der Waals surface area contributed by atoms with Gasteiger partial charge < -0.3 is 5.11 Å². The van der Waals surface area contributed by atoms with E-state index < -0.39 is 0 Å². The molecule has 0 aliphatic rings. The molecule has 0 saturated heterocycles. The van der Waals surface area contributed by atoms with Gasteiger partial charge in [0.25, 0.3) is 0 Å². The van der Waals surface area contributed by atoms with Gasteiger partial charge in [-0.15, -0.1) is 6.58 Å². The lowest BCUT2D eigenvalue weighted by atomic mass is 10.1. The Morgan fingerprint density at radius 3 is 2.36 bits per heavy atom. The van der Waals surface area contributed by atoms with Crippen molar-refractivity contribution in [3.8, 4) is 0 Å². The van der Waals surface area contributed by atoms with Gasteiger partial charge in [-0.05, 0) is 25.7 Å². The molecule has 0 atom stereocenters. The molecular weight excluding hydrogens is 176 g/mol. The zero-order valence-electron chi connectivity index (χ0n) is 8.74. The third-order valence-corrected chi connectivity index (χ3v) is 1.96. The maximum Gasteiger partial charge on any atom is 0.132 e. The van der Waals surface area contributed by atoms with E-state index in [0.717, 1.165) is 25.7 Å². The Labute approximate surface area is 86.3 Å². The second-order valence-electron chi connectivity index (χ2n) is 3.27. The van der Waals surface area contributed by atoms with E-state index in [9.17, 15) is 4.79 Å². The molecule has 0 aliphatic carbocycles. The van der Waals surface area contributed by atoms with Gasteiger partial charge >= 0.3 is 0 Å². The van der Waals surface area contributed by atoms with Gasteiger partial charge in [-0.2, -0.15) is 0 Å². The highest BCUT2D eigenvalue weighted by atomic mass is 16.2. The predicted molar refractivity (Wildman–Crippen MR) is 59.1 cm³/mol. The average molecular weight is 196 g/mol. The zero-order chi connectivity index (χ0) is 10.6. The summed E-state index contributed by atoms with van der Waals surface area (Å²) in [5.41, 5.74) is 0. The maximum atomic E-state index is 11.2. The lowest BCUT2D eigenvalue weighted by Gasteiger charge is -1.97. The molecule has 0 aliphatic heterocycles. The molecule has 0 aromatic heterocycles. The number of ketones is 1. The Hall–Kier alpha value is -0.890. The van der Waals surface area contributed by atoms with Crippen LogP contribution in [0.3, 0.4) is 0 Å². The van der Waals surface area contributed by atoms with Gasteiger partial charge in [-0.25, -0.2) is 0 Å². The van der Waals surface area contributed by atoms with Gasteiger partial charge in [0.1, 0.15) is 5.78 Å². The molecule has 2 heteroatoms. The summed E-state index contributed by atoms with van der Waals surface area (Å²) < 4.78 is 0. The van der Waals surface area contributed by atoms with Gasteiger partial charge in [0.2, 0.25) is 0 Å². The molecule has 0 rings (SSSR count). The quantitative estimate of drug-likeness (QED) is 0.454. The van der Waals surface area contributed by atoms with Crippen LogP contribution in [0.15, 0.2) is 24.8 Å². The average Bonchev–Trinajstić information content (AvgIpc) is 2.18. The summed E-state index contributed by atoms with van der Waals surface area (Å²) in [6, 6.07) is 0. The highest BCUT2D eigenvalue weighted by Gasteiger charge is 1.99. The van der Waals surface area contributed by atoms with Crippen molar-refractivity contribution in [3.05, 3.63) is 24.8 Å². The number of aliphatic hydroxyl groups is 1. The fourth-order valence-electron chi connectivity index (χ4n) is 1.18. The number of rotatable bonds is 9. The van der Waals surface area contributed by atoms with E-state index >= 15 is 0 Å². The lowest BCUT2D eigenvalue weighted by molar-refractivity contribution is -0.119. The Morgan fingerprint density at radius 2 is 1.79 bits per heavy atom. The van der Waals surface area contributed by atoms with Crippen LogP contribution in [0.5, 0.6) is 0 Å². The van der Waals surface area contributed by atoms with Crippen molar-refractivity contribution in [1.29, 1.82) is 0 Å². The largest absolute Gasteiger partial charge is 0.392 e. The summed E-state index contributed by atoms with van der Waals surface area (Å²) in [5, 5.41) is 8.45. The molecule has 80 valence electrons. The van der Waals surface area contributed by atoms with E-state index in [0.29, 0.717) is 18.6 Å². The molecule has 14 heavy (non-hydrogen) atoms. The standard InChI is InChI=1S/C12H20O2/c1-2-3-6-9-12(14)10-7-4-5-8-11-13/h2,5,8,13H,1,3-4,6-7,9-11H2/b8-5+. The van der Waals surface area contributed by atoms with E-state index in [1.54, 1.807) is 6.08 Å². The number of carbonyl (C=O) groups is 1. The SMILES string of the molecule is C=CCCCC(=O)CCC/C=C/CO. The summed E-state index contributed by atoms with van der Waals surface area (Å²) in [6.45, 7) is 3.70. The van der Waals surface area contributed by atoms with Crippen molar-refractivity contribution in [2.24, 2.45) is 0 Å². The molecule has 0 fully saturated rings. The second-order valence-corrected chi connectivity index (χ2v) is 3.27. The number of allylic oxidation sites excluding steroid dienone is 2. The van der Waals surface area contributed by atoms with Crippen LogP contribution in [-0.2, 0) is 4.79 Å². The van der Waals surface area contributed by atoms with Crippen LogP contribution >= 0.6 is 0 Å². The van der Waals surface area contributed by atoms with Crippen LogP contribution in [0, 0.1) is 0 Å². The normalized spacial score (nSPS) is 10.6. The van der Waals surface area contributed by atoms with Gasteiger partial charge in [0.15, 0.2) is 0 Å². The predicted octanol–water partition coefficient (Wildman–Crippen LogP) is 2.63. The monoisotopic (exact) mass is 196 g/mol. The van der Waals surface area contributed by atoms with Crippen LogP contribution in [0.2, 0.25) is 0 Å². The molecule has 1 N–H and O–H groups in total. The van der Waals surface area contributed by atoms with E-state index in [2.05, 4.69) is 6.58 Å². The fourth-order valence-corrected chi connectivity index (χ4v) is 1.18. The zero-order valence-corrected chi connectivity index (χ0v) is 8.74. The molecule has 0 amide bonds. The molecule has 2 nitrogen and oxygen atoms in total. The van der Waals surface area contributed by atoms with Crippen molar-refractivity contribution < 1.29 is 9.90 Å². The Bertz CT molecular complexity index is 183. The molecule has 0 heterocycles. The number of aliphatic hydroxyl groups excluding tert-OH is 1. The third-order valence-electron chi connectivity index (χ3n) is 1.96. The summed E-state index contributed by atoms with van der Waals surface area (Å²) in [4.78, 5) is 11.2. The first-order chi connectivity index (χ1) is 6.81. The van der Waals surface area contributed by atoms with Crippen molar-refractivity contribution in [1.82, 2.24) is 0 Å². The number of hydrogen-bond acceptors (Lipinski definition) is 2. The van der Waals surface area contributed by atoms with Gasteiger partial charge in [-0.3, -0.25) is 4.79 Å². The number of unbranched alkanes of at least 4 members (excludes halogenated alkanes) is 2. The minimum Gasteiger partial charge on any atom is -0.392 e. The first-order valence-corrected chi connectivity index (χ1v) is 5.19. The summed E-state index contributed by atoms with van der Waals surface area (Å²) in [5.74, 6) is 0.337. The molecule has 0 bridgehead atoms. The van der Waals surface area contributed by atoms with Gasteiger partial charge in [-0.1, -0.05) is 18.2 Å². The number of Topliss-reactive ketones (excluding diaryl/α,β-unsaturated/α-hetero) is 1. The van der Waals surface area contributed by atoms with E-state index in [1.165, 1.54) is 0 Å². The molecule has 0 aromatic carbocycles. The Kier molecular flexibility index (Phi) is 9.54. The number of hydrogen-bond donors (Lipinski definition) is 1. The van der Waals surface area contributed by atoms with Gasteiger partial charge in [0, 0.05) is 12.8 Å². The van der Waals surface area contributed by atoms with Crippen molar-refractivity contribution >= 4 is 5.78 Å². The van der Waals surface area contributed by atoms with Crippen LogP contribution in [0.1, 0.15) is 38.5 Å². The van der Waals surface area contributed by atoms with Crippen LogP contribution in [-0.4, -0.2) is 17.5 Å². The first kappa shape index (κ1) is 13.1. The smallest absolute Gasteiger partial charge is 0.132 e. The summed E-state index contributed by atoms with van der Waals surface area (Å²) in [7, 11) is 0. The molecule has 0 radical (unpaired) electrons. The third kappa shape index (κ3) is 9.20. The first-order valence-electron chi connectivity index (χ1n) is 5.19. The fraction of sp³-hybridized carbons (Fsp3) is 0.583. The van der Waals surface area contributed by atoms with Crippen LogP contribution in [0.4, 0.5) is 0 Å². The van der Waals surface area contributed by atoms with Crippen molar-refractivity contribution in [2.45, 2.75) is 38.5 Å². The van der Waals surface area contributed by atoms with E-state index in [4.69, 9.17) is 5.11 Å². The number of carbonyl (C=O) groups excluding carboxylic acids is 1. The van der Waals surface area contributed by atoms with E-state index in [-0.39, 0.29) is 6.61 Å². The van der Waals surface area contributed by atoms with Gasteiger partial charge in [0.05, 0.1) is 6.61 Å². The van der Waals surface area contributed by atoms with Crippen LogP contribution in [0.25, 0.3) is 0 Å². The Morgan fingerprint density at radius 1 is 1.14 bits per heavy atom. The van der Waals surface area contributed by atoms with Crippen LogP contribution < -0.4 is 0 Å². The highest BCUT2D eigenvalue weighted by Crippen LogP contribution is 2.04. The van der Waals surface area contributed by atoms with Crippen molar-refractivity contribution in [2.75, 3.05) is 6.61 Å².